The normalized spacial score (nSPS) is 12.4. The maximum Gasteiger partial charge on any atom is 0.338 e. The quantitative estimate of drug-likeness (QED) is 0.292. The van der Waals surface area contributed by atoms with Crippen LogP contribution in [0.5, 0.6) is 0 Å². The van der Waals surface area contributed by atoms with Crippen molar-refractivity contribution in [1.82, 2.24) is 4.72 Å². The zero-order valence-electron chi connectivity index (χ0n) is 15.3. The lowest BCUT2D eigenvalue weighted by atomic mass is 10.1. The average molecular weight is 408 g/mol. The minimum absolute atomic E-state index is 0.00638. The number of rotatable bonds is 9. The number of benzene rings is 2. The van der Waals surface area contributed by atoms with E-state index in [-0.39, 0.29) is 29.3 Å². The molecule has 2 aromatic rings. The molecule has 0 saturated carbocycles. The molecule has 9 nitrogen and oxygen atoms in total. The highest BCUT2D eigenvalue weighted by Gasteiger charge is 2.18. The third-order valence-electron chi connectivity index (χ3n) is 3.83. The van der Waals surface area contributed by atoms with Crippen molar-refractivity contribution < 1.29 is 27.6 Å². The van der Waals surface area contributed by atoms with Gasteiger partial charge in [-0.15, -0.1) is 0 Å². The maximum absolute atomic E-state index is 12.3. The maximum atomic E-state index is 12.3. The second-order valence-electron chi connectivity index (χ2n) is 5.81. The van der Waals surface area contributed by atoms with Gasteiger partial charge in [0.1, 0.15) is 6.10 Å². The number of carbonyl (C=O) groups is 1. The summed E-state index contributed by atoms with van der Waals surface area (Å²) in [6, 6.07) is 11.1. The number of sulfonamides is 1. The summed E-state index contributed by atoms with van der Waals surface area (Å²) in [5.41, 5.74) is 0.535. The summed E-state index contributed by atoms with van der Waals surface area (Å²) in [5, 5.41) is 10.9. The second kappa shape index (κ2) is 9.40. The van der Waals surface area contributed by atoms with Crippen LogP contribution in [0.4, 0.5) is 5.69 Å². The third-order valence-corrected chi connectivity index (χ3v) is 5.31. The van der Waals surface area contributed by atoms with E-state index in [0.29, 0.717) is 5.56 Å². The molecule has 2 aromatic carbocycles. The van der Waals surface area contributed by atoms with Crippen molar-refractivity contribution in [3.63, 3.8) is 0 Å². The van der Waals surface area contributed by atoms with Gasteiger partial charge in [-0.25, -0.2) is 17.9 Å². The van der Waals surface area contributed by atoms with Crippen molar-refractivity contribution in [2.45, 2.75) is 17.9 Å². The summed E-state index contributed by atoms with van der Waals surface area (Å²) in [5.74, 6) is -0.671. The first-order valence-corrected chi connectivity index (χ1v) is 9.77. The van der Waals surface area contributed by atoms with Crippen LogP contribution in [0, 0.1) is 10.1 Å². The van der Waals surface area contributed by atoms with Crippen molar-refractivity contribution in [3.8, 4) is 0 Å². The molecule has 0 radical (unpaired) electrons. The number of carbonyl (C=O) groups excluding carboxylic acids is 1. The smallest absolute Gasteiger partial charge is 0.338 e. The van der Waals surface area contributed by atoms with Crippen molar-refractivity contribution in [3.05, 3.63) is 69.8 Å². The Balaban J connectivity index is 2.06. The predicted molar refractivity (Wildman–Crippen MR) is 100 cm³/mol. The fraction of sp³-hybridized carbons (Fsp3) is 0.278. The number of esters is 1. The first-order valence-electron chi connectivity index (χ1n) is 8.28. The SMILES string of the molecule is COCCNS(=O)(=O)c1ccc(C(=O)OC(C)c2cccc([N+](=O)[O-])c2)cc1. The molecule has 2 rings (SSSR count). The van der Waals surface area contributed by atoms with E-state index < -0.39 is 27.0 Å². The molecule has 150 valence electrons. The van der Waals surface area contributed by atoms with Crippen LogP contribution in [0.1, 0.15) is 28.9 Å². The van der Waals surface area contributed by atoms with E-state index >= 15 is 0 Å². The average Bonchev–Trinajstić information content (AvgIpc) is 2.68. The molecule has 1 unspecified atom stereocenters. The van der Waals surface area contributed by atoms with E-state index in [2.05, 4.69) is 4.72 Å². The molecule has 0 saturated heterocycles. The molecule has 0 spiro atoms. The summed E-state index contributed by atoms with van der Waals surface area (Å²) in [4.78, 5) is 22.6. The van der Waals surface area contributed by atoms with Gasteiger partial charge in [0, 0.05) is 25.8 Å². The highest BCUT2D eigenvalue weighted by Crippen LogP contribution is 2.23. The third kappa shape index (κ3) is 5.59. The standard InChI is InChI=1S/C18H20N2O7S/c1-13(15-4-3-5-16(12-15)20(22)23)27-18(21)14-6-8-17(9-7-14)28(24,25)19-10-11-26-2/h3-9,12-13,19H,10-11H2,1-2H3. The molecular formula is C18H20N2O7S. The number of nitro groups is 1. The van der Waals surface area contributed by atoms with Crippen molar-refractivity contribution >= 4 is 21.7 Å². The molecule has 0 aromatic heterocycles. The Labute approximate surface area is 162 Å². The van der Waals surface area contributed by atoms with Gasteiger partial charge in [0.25, 0.3) is 5.69 Å². The fourth-order valence-corrected chi connectivity index (χ4v) is 3.33. The molecular weight excluding hydrogens is 388 g/mol. The van der Waals surface area contributed by atoms with Gasteiger partial charge in [-0.2, -0.15) is 0 Å². The molecule has 0 fully saturated rings. The van der Waals surface area contributed by atoms with Gasteiger partial charge in [0.05, 0.1) is 22.0 Å². The second-order valence-corrected chi connectivity index (χ2v) is 7.58. The number of ether oxygens (including phenoxy) is 2. The summed E-state index contributed by atoms with van der Waals surface area (Å²) < 4.78 is 36.7. The van der Waals surface area contributed by atoms with Crippen LogP contribution in [0.2, 0.25) is 0 Å². The number of nitrogens with one attached hydrogen (secondary N) is 1. The lowest BCUT2D eigenvalue weighted by Crippen LogP contribution is -2.27. The number of hydrogen-bond donors (Lipinski definition) is 1. The topological polar surface area (TPSA) is 125 Å². The summed E-state index contributed by atoms with van der Waals surface area (Å²) in [6.07, 6.45) is -0.716. The fourth-order valence-electron chi connectivity index (χ4n) is 2.32. The van der Waals surface area contributed by atoms with Crippen molar-refractivity contribution in [2.24, 2.45) is 0 Å². The van der Waals surface area contributed by atoms with Gasteiger partial charge in [-0.3, -0.25) is 10.1 Å². The van der Waals surface area contributed by atoms with E-state index in [9.17, 15) is 23.3 Å². The van der Waals surface area contributed by atoms with Crippen LogP contribution >= 0.6 is 0 Å². The molecule has 0 heterocycles. The van der Waals surface area contributed by atoms with Crippen LogP contribution in [-0.2, 0) is 19.5 Å². The first kappa shape index (κ1) is 21.5. The Morgan fingerprint density at radius 2 is 1.89 bits per heavy atom. The molecule has 0 amide bonds. The molecule has 10 heteroatoms. The highest BCUT2D eigenvalue weighted by molar-refractivity contribution is 7.89. The van der Waals surface area contributed by atoms with E-state index in [1.807, 2.05) is 0 Å². The van der Waals surface area contributed by atoms with E-state index in [1.165, 1.54) is 49.6 Å². The Kier molecular flexibility index (Phi) is 7.21. The molecule has 0 aliphatic carbocycles. The van der Waals surface area contributed by atoms with Gasteiger partial charge < -0.3 is 9.47 Å². The zero-order valence-corrected chi connectivity index (χ0v) is 16.1. The van der Waals surface area contributed by atoms with Crippen LogP contribution in [0.25, 0.3) is 0 Å². The van der Waals surface area contributed by atoms with Crippen LogP contribution in [-0.4, -0.2) is 39.6 Å². The number of nitrogens with zero attached hydrogens (tertiary/aromatic N) is 1. The molecule has 0 bridgehead atoms. The highest BCUT2D eigenvalue weighted by atomic mass is 32.2. The van der Waals surface area contributed by atoms with Crippen LogP contribution < -0.4 is 4.72 Å². The minimum Gasteiger partial charge on any atom is -0.454 e. The lowest BCUT2D eigenvalue weighted by molar-refractivity contribution is -0.385. The van der Waals surface area contributed by atoms with E-state index in [4.69, 9.17) is 9.47 Å². The minimum atomic E-state index is -3.70. The number of nitro benzene ring substituents is 1. The summed E-state index contributed by atoms with van der Waals surface area (Å²) in [6.45, 7) is 1.96. The van der Waals surface area contributed by atoms with Gasteiger partial charge in [-0.1, -0.05) is 12.1 Å². The predicted octanol–water partition coefficient (Wildman–Crippen LogP) is 2.44. The molecule has 1 N–H and O–H groups in total. The summed E-state index contributed by atoms with van der Waals surface area (Å²) in [7, 11) is -2.24. The Morgan fingerprint density at radius 3 is 2.50 bits per heavy atom. The van der Waals surface area contributed by atoms with Crippen molar-refractivity contribution in [2.75, 3.05) is 20.3 Å². The Bertz CT molecular complexity index is 943. The number of hydrogen-bond acceptors (Lipinski definition) is 7. The Hall–Kier alpha value is -2.82. The van der Waals surface area contributed by atoms with Gasteiger partial charge >= 0.3 is 5.97 Å². The Morgan fingerprint density at radius 1 is 1.21 bits per heavy atom. The van der Waals surface area contributed by atoms with Gasteiger partial charge in [-0.05, 0) is 36.8 Å². The number of non-ortho nitro benzene ring substituents is 1. The van der Waals surface area contributed by atoms with Crippen LogP contribution in [0.3, 0.4) is 0 Å². The van der Waals surface area contributed by atoms with E-state index in [0.717, 1.165) is 0 Å². The van der Waals surface area contributed by atoms with Gasteiger partial charge in [0.2, 0.25) is 10.0 Å². The first-order chi connectivity index (χ1) is 13.2. The van der Waals surface area contributed by atoms with Crippen LogP contribution in [0.15, 0.2) is 53.4 Å². The van der Waals surface area contributed by atoms with Gasteiger partial charge in [0.15, 0.2) is 0 Å². The zero-order chi connectivity index (χ0) is 20.7. The molecule has 1 atom stereocenters. The van der Waals surface area contributed by atoms with Crippen molar-refractivity contribution in [1.29, 1.82) is 0 Å². The monoisotopic (exact) mass is 408 g/mol. The number of methoxy groups -OCH3 is 1. The molecule has 0 aliphatic rings. The summed E-state index contributed by atoms with van der Waals surface area (Å²) >= 11 is 0. The lowest BCUT2D eigenvalue weighted by Gasteiger charge is -2.14. The molecule has 0 aliphatic heterocycles. The molecule has 28 heavy (non-hydrogen) atoms. The largest absolute Gasteiger partial charge is 0.454 e. The van der Waals surface area contributed by atoms with E-state index in [1.54, 1.807) is 13.0 Å².